The second kappa shape index (κ2) is 6.78. The summed E-state index contributed by atoms with van der Waals surface area (Å²) in [5.41, 5.74) is 2.35. The van der Waals surface area contributed by atoms with Crippen molar-refractivity contribution in [3.63, 3.8) is 0 Å². The predicted octanol–water partition coefficient (Wildman–Crippen LogP) is 5.04. The Balaban J connectivity index is 1.52. The molecule has 0 bridgehead atoms. The van der Waals surface area contributed by atoms with Crippen molar-refractivity contribution in [2.45, 2.75) is 32.0 Å². The van der Waals surface area contributed by atoms with Crippen molar-refractivity contribution in [1.82, 2.24) is 14.5 Å². The molecule has 1 unspecified atom stereocenters. The zero-order valence-corrected chi connectivity index (χ0v) is 16.2. The molecule has 1 atom stereocenters. The van der Waals surface area contributed by atoms with Gasteiger partial charge in [-0.15, -0.1) is 11.3 Å². The van der Waals surface area contributed by atoms with Crippen LogP contribution in [0.4, 0.5) is 0 Å². The minimum atomic E-state index is -0.346. The van der Waals surface area contributed by atoms with Gasteiger partial charge in [-0.3, -0.25) is 9.47 Å². The molecule has 0 amide bonds. The fourth-order valence-electron chi connectivity index (χ4n) is 3.82. The van der Waals surface area contributed by atoms with Gasteiger partial charge in [-0.05, 0) is 43.2 Å². The topological polar surface area (TPSA) is 51.3 Å². The number of hydrogen-bond acceptors (Lipinski definition) is 5. The molecule has 27 heavy (non-hydrogen) atoms. The number of oxazole rings is 1. The average Bonchev–Trinajstić information content (AvgIpc) is 3.24. The molecule has 3 heterocycles. The minimum absolute atomic E-state index is 0.215. The minimum Gasteiger partial charge on any atom is -0.408 e. The Morgan fingerprint density at radius 3 is 3.00 bits per heavy atom. The zero-order valence-electron chi connectivity index (χ0n) is 14.6. The average molecular weight is 400 g/mol. The Morgan fingerprint density at radius 1 is 1.22 bits per heavy atom. The third-order valence-corrected chi connectivity index (χ3v) is 6.53. The molecule has 138 valence electrons. The van der Waals surface area contributed by atoms with Gasteiger partial charge in [-0.2, -0.15) is 0 Å². The molecule has 0 N–H and O–H groups in total. The van der Waals surface area contributed by atoms with Crippen molar-refractivity contribution >= 4 is 44.3 Å². The van der Waals surface area contributed by atoms with Gasteiger partial charge in [0.15, 0.2) is 5.58 Å². The molecular weight excluding hydrogens is 382 g/mol. The number of rotatable bonds is 3. The molecule has 1 saturated heterocycles. The molecule has 2 aromatic heterocycles. The molecule has 2 aromatic carbocycles. The second-order valence-electron chi connectivity index (χ2n) is 6.89. The molecule has 1 aliphatic rings. The van der Waals surface area contributed by atoms with Crippen LogP contribution in [0.3, 0.4) is 0 Å². The van der Waals surface area contributed by atoms with Crippen LogP contribution in [0.1, 0.15) is 30.3 Å². The SMILES string of the molecule is O=c1oc2ccc(Cl)cc2n1CN1CCCCC1c1nc2ccccc2s1. The molecule has 5 nitrogen and oxygen atoms in total. The Bertz CT molecular complexity index is 1150. The van der Waals surface area contributed by atoms with E-state index < -0.39 is 0 Å². The first-order valence-electron chi connectivity index (χ1n) is 9.07. The second-order valence-corrected chi connectivity index (χ2v) is 8.39. The van der Waals surface area contributed by atoms with Crippen molar-refractivity contribution < 1.29 is 4.42 Å². The number of hydrogen-bond donors (Lipinski definition) is 0. The number of aromatic nitrogens is 2. The summed E-state index contributed by atoms with van der Waals surface area (Å²) in [5.74, 6) is -0.346. The Hall–Kier alpha value is -2.15. The van der Waals surface area contributed by atoms with E-state index in [4.69, 9.17) is 21.0 Å². The molecular formula is C20H18ClN3O2S. The van der Waals surface area contributed by atoms with Gasteiger partial charge in [0.1, 0.15) is 5.01 Å². The van der Waals surface area contributed by atoms with Crippen molar-refractivity contribution in [1.29, 1.82) is 0 Å². The van der Waals surface area contributed by atoms with E-state index in [2.05, 4.69) is 17.0 Å². The van der Waals surface area contributed by atoms with Crippen LogP contribution in [-0.2, 0) is 6.67 Å². The highest BCUT2D eigenvalue weighted by molar-refractivity contribution is 7.18. The third-order valence-electron chi connectivity index (χ3n) is 5.16. The number of thiazole rings is 1. The zero-order chi connectivity index (χ0) is 18.4. The molecule has 0 radical (unpaired) electrons. The van der Waals surface area contributed by atoms with E-state index >= 15 is 0 Å². The van der Waals surface area contributed by atoms with Gasteiger partial charge in [0, 0.05) is 11.6 Å². The van der Waals surface area contributed by atoms with Crippen LogP contribution in [0.5, 0.6) is 0 Å². The fourth-order valence-corrected chi connectivity index (χ4v) is 5.13. The number of piperidine rings is 1. The molecule has 0 spiro atoms. The van der Waals surface area contributed by atoms with Gasteiger partial charge in [-0.1, -0.05) is 30.2 Å². The van der Waals surface area contributed by atoms with E-state index in [1.165, 1.54) is 11.1 Å². The Kier molecular flexibility index (Phi) is 4.27. The third kappa shape index (κ3) is 3.08. The summed E-state index contributed by atoms with van der Waals surface area (Å²) in [6.45, 7) is 1.41. The lowest BCUT2D eigenvalue weighted by Crippen LogP contribution is -2.37. The van der Waals surface area contributed by atoms with Crippen LogP contribution in [0.2, 0.25) is 5.02 Å². The lowest BCUT2D eigenvalue weighted by molar-refractivity contribution is 0.109. The number of para-hydroxylation sites is 1. The number of benzene rings is 2. The first-order chi connectivity index (χ1) is 13.2. The lowest BCUT2D eigenvalue weighted by atomic mass is 10.0. The van der Waals surface area contributed by atoms with Gasteiger partial charge >= 0.3 is 5.76 Å². The molecule has 7 heteroatoms. The number of nitrogens with zero attached hydrogens (tertiary/aromatic N) is 3. The molecule has 0 saturated carbocycles. The van der Waals surface area contributed by atoms with Crippen LogP contribution in [-0.4, -0.2) is 21.0 Å². The molecule has 4 aromatic rings. The number of likely N-dealkylation sites (tertiary alicyclic amines) is 1. The first-order valence-corrected chi connectivity index (χ1v) is 10.3. The van der Waals surface area contributed by atoms with E-state index in [9.17, 15) is 4.79 Å². The standard InChI is InChI=1S/C20H18ClN3O2S/c21-13-8-9-17-16(11-13)24(20(25)26-17)12-23-10-4-3-6-15(23)19-22-14-5-1-2-7-18(14)27-19/h1-2,5,7-9,11,15H,3-4,6,10,12H2. The fraction of sp³-hybridized carbons (Fsp3) is 0.300. The van der Waals surface area contributed by atoms with Crippen LogP contribution >= 0.6 is 22.9 Å². The summed E-state index contributed by atoms with van der Waals surface area (Å²) in [6, 6.07) is 13.7. The summed E-state index contributed by atoms with van der Waals surface area (Å²) in [5, 5.41) is 1.72. The predicted molar refractivity (Wildman–Crippen MR) is 108 cm³/mol. The van der Waals surface area contributed by atoms with Gasteiger partial charge < -0.3 is 4.42 Å². The van der Waals surface area contributed by atoms with Gasteiger partial charge in [-0.25, -0.2) is 9.78 Å². The van der Waals surface area contributed by atoms with E-state index in [1.807, 2.05) is 12.1 Å². The molecule has 5 rings (SSSR count). The van der Waals surface area contributed by atoms with Gasteiger partial charge in [0.05, 0.1) is 28.4 Å². The van der Waals surface area contributed by atoms with Gasteiger partial charge in [0.2, 0.25) is 0 Å². The molecule has 1 aliphatic heterocycles. The quantitative estimate of drug-likeness (QED) is 0.484. The smallest absolute Gasteiger partial charge is 0.408 e. The van der Waals surface area contributed by atoms with E-state index in [0.717, 1.165) is 35.4 Å². The number of halogens is 1. The highest BCUT2D eigenvalue weighted by atomic mass is 35.5. The Labute approximate surface area is 164 Å². The Morgan fingerprint density at radius 2 is 2.11 bits per heavy atom. The maximum atomic E-state index is 12.4. The number of fused-ring (bicyclic) bond motifs is 2. The van der Waals surface area contributed by atoms with Gasteiger partial charge in [0.25, 0.3) is 0 Å². The summed E-state index contributed by atoms with van der Waals surface area (Å²) in [6.07, 6.45) is 3.34. The van der Waals surface area contributed by atoms with Crippen LogP contribution in [0.25, 0.3) is 21.3 Å². The first kappa shape index (κ1) is 17.0. The summed E-state index contributed by atoms with van der Waals surface area (Å²) in [7, 11) is 0. The normalized spacial score (nSPS) is 18.5. The van der Waals surface area contributed by atoms with Crippen molar-refractivity contribution in [2.24, 2.45) is 0 Å². The maximum Gasteiger partial charge on any atom is 0.421 e. The summed E-state index contributed by atoms with van der Waals surface area (Å²) < 4.78 is 8.27. The largest absolute Gasteiger partial charge is 0.421 e. The van der Waals surface area contributed by atoms with E-state index in [1.54, 1.807) is 34.1 Å². The van der Waals surface area contributed by atoms with Crippen molar-refractivity contribution in [2.75, 3.05) is 6.54 Å². The highest BCUT2D eigenvalue weighted by Gasteiger charge is 2.28. The van der Waals surface area contributed by atoms with Crippen LogP contribution in [0, 0.1) is 0 Å². The summed E-state index contributed by atoms with van der Waals surface area (Å²) in [4.78, 5) is 19.6. The summed E-state index contributed by atoms with van der Waals surface area (Å²) >= 11 is 7.88. The maximum absolute atomic E-state index is 12.4. The van der Waals surface area contributed by atoms with E-state index in [-0.39, 0.29) is 11.8 Å². The van der Waals surface area contributed by atoms with Crippen molar-refractivity contribution in [3.8, 4) is 0 Å². The van der Waals surface area contributed by atoms with Crippen LogP contribution in [0.15, 0.2) is 51.7 Å². The van der Waals surface area contributed by atoms with Crippen molar-refractivity contribution in [3.05, 3.63) is 63.0 Å². The van der Waals surface area contributed by atoms with Crippen LogP contribution < -0.4 is 5.76 Å². The molecule has 0 aliphatic carbocycles. The van der Waals surface area contributed by atoms with E-state index in [0.29, 0.717) is 17.3 Å². The lowest BCUT2D eigenvalue weighted by Gasteiger charge is -2.34. The highest BCUT2D eigenvalue weighted by Crippen LogP contribution is 2.36. The monoisotopic (exact) mass is 399 g/mol. The molecule has 1 fully saturated rings.